The molecule has 0 spiro atoms. The molecule has 5 nitrogen and oxygen atoms in total. The quantitative estimate of drug-likeness (QED) is 0.863. The number of urea groups is 1. The van der Waals surface area contributed by atoms with Gasteiger partial charge in [0.25, 0.3) is 0 Å². The lowest BCUT2D eigenvalue weighted by atomic mass is 9.96. The van der Waals surface area contributed by atoms with E-state index in [9.17, 15) is 9.18 Å². The van der Waals surface area contributed by atoms with Crippen molar-refractivity contribution in [3.05, 3.63) is 59.9 Å². The molecule has 0 bridgehead atoms. The highest BCUT2D eigenvalue weighted by molar-refractivity contribution is 5.74. The molecule has 1 heterocycles. The fourth-order valence-electron chi connectivity index (χ4n) is 3.09. The third kappa shape index (κ3) is 4.70. The summed E-state index contributed by atoms with van der Waals surface area (Å²) in [5.41, 5.74) is 0.874. The van der Waals surface area contributed by atoms with Crippen molar-refractivity contribution < 1.29 is 18.7 Å². The number of para-hydroxylation sites is 2. The van der Waals surface area contributed by atoms with Gasteiger partial charge in [0.05, 0.1) is 12.6 Å². The summed E-state index contributed by atoms with van der Waals surface area (Å²) in [5.74, 6) is 1.28. The normalized spacial score (nSPS) is 16.7. The lowest BCUT2D eigenvalue weighted by Crippen LogP contribution is -2.47. The molecule has 0 unspecified atom stereocenters. The Balaban J connectivity index is 1.60. The first kappa shape index (κ1) is 19.0. The van der Waals surface area contributed by atoms with Gasteiger partial charge < -0.3 is 19.7 Å². The highest BCUT2D eigenvalue weighted by Crippen LogP contribution is 2.31. The van der Waals surface area contributed by atoms with Crippen molar-refractivity contribution >= 4 is 6.03 Å². The molecule has 2 amide bonds. The number of halogens is 1. The van der Waals surface area contributed by atoms with E-state index >= 15 is 0 Å². The fourth-order valence-corrected chi connectivity index (χ4v) is 3.09. The molecule has 2 aromatic rings. The largest absolute Gasteiger partial charge is 0.486 e. The Morgan fingerprint density at radius 3 is 2.52 bits per heavy atom. The molecular formula is C21H25FN2O3. The van der Waals surface area contributed by atoms with E-state index in [2.05, 4.69) is 5.32 Å². The number of hydrogen-bond donors (Lipinski definition) is 1. The van der Waals surface area contributed by atoms with Gasteiger partial charge in [-0.05, 0) is 35.7 Å². The molecule has 0 fully saturated rings. The van der Waals surface area contributed by atoms with Crippen molar-refractivity contribution in [2.24, 2.45) is 5.92 Å². The Labute approximate surface area is 159 Å². The molecular weight excluding hydrogens is 347 g/mol. The summed E-state index contributed by atoms with van der Waals surface area (Å²) >= 11 is 0. The number of amides is 2. The zero-order chi connectivity index (χ0) is 19.4. The summed E-state index contributed by atoms with van der Waals surface area (Å²) in [6.07, 6.45) is -0.237. The van der Waals surface area contributed by atoms with Crippen molar-refractivity contribution in [2.45, 2.75) is 26.0 Å². The van der Waals surface area contributed by atoms with E-state index in [-0.39, 0.29) is 29.9 Å². The van der Waals surface area contributed by atoms with Gasteiger partial charge in [-0.3, -0.25) is 0 Å². The van der Waals surface area contributed by atoms with Crippen LogP contribution in [0.15, 0.2) is 48.5 Å². The highest BCUT2D eigenvalue weighted by atomic mass is 19.1. The monoisotopic (exact) mass is 372 g/mol. The topological polar surface area (TPSA) is 50.8 Å². The molecule has 0 radical (unpaired) electrons. The molecule has 1 aliphatic heterocycles. The second kappa shape index (κ2) is 8.29. The minimum atomic E-state index is -0.292. The number of nitrogens with zero attached hydrogens (tertiary/aromatic N) is 1. The second-order valence-corrected chi connectivity index (χ2v) is 7.10. The van der Waals surface area contributed by atoms with Gasteiger partial charge in [-0.1, -0.05) is 38.1 Å². The van der Waals surface area contributed by atoms with Crippen molar-refractivity contribution in [3.63, 3.8) is 0 Å². The molecule has 1 aliphatic rings. The SMILES string of the molecule is CC(C)[C@H](NC(=O)N(C)C[C@@H]1COc2ccccc2O1)c1ccc(F)cc1. The van der Waals surface area contributed by atoms with Crippen LogP contribution in [-0.4, -0.2) is 37.2 Å². The maximum absolute atomic E-state index is 13.2. The average molecular weight is 372 g/mol. The molecule has 2 aromatic carbocycles. The predicted molar refractivity (Wildman–Crippen MR) is 101 cm³/mol. The van der Waals surface area contributed by atoms with Crippen LogP contribution >= 0.6 is 0 Å². The number of hydrogen-bond acceptors (Lipinski definition) is 3. The van der Waals surface area contributed by atoms with E-state index in [4.69, 9.17) is 9.47 Å². The molecule has 6 heteroatoms. The first-order valence-corrected chi connectivity index (χ1v) is 9.09. The molecule has 0 aliphatic carbocycles. The van der Waals surface area contributed by atoms with Crippen LogP contribution in [0.25, 0.3) is 0 Å². The zero-order valence-electron chi connectivity index (χ0n) is 15.8. The van der Waals surface area contributed by atoms with Crippen molar-refractivity contribution in [1.29, 1.82) is 0 Å². The van der Waals surface area contributed by atoms with E-state index in [0.29, 0.717) is 18.9 Å². The summed E-state index contributed by atoms with van der Waals surface area (Å²) < 4.78 is 24.8. The predicted octanol–water partition coefficient (Wildman–Crippen LogP) is 4.00. The molecule has 0 aromatic heterocycles. The summed E-state index contributed by atoms with van der Waals surface area (Å²) in [7, 11) is 1.72. The summed E-state index contributed by atoms with van der Waals surface area (Å²) in [4.78, 5) is 14.2. The number of benzene rings is 2. The molecule has 0 saturated heterocycles. The van der Waals surface area contributed by atoms with E-state index in [1.54, 1.807) is 24.1 Å². The van der Waals surface area contributed by atoms with Gasteiger partial charge in [0.2, 0.25) is 0 Å². The number of fused-ring (bicyclic) bond motifs is 1. The van der Waals surface area contributed by atoms with Crippen LogP contribution in [-0.2, 0) is 0 Å². The number of rotatable bonds is 5. The lowest BCUT2D eigenvalue weighted by Gasteiger charge is -2.31. The first-order chi connectivity index (χ1) is 12.9. The second-order valence-electron chi connectivity index (χ2n) is 7.10. The summed E-state index contributed by atoms with van der Waals surface area (Å²) in [5, 5.41) is 3.03. The smallest absolute Gasteiger partial charge is 0.317 e. The number of ether oxygens (including phenoxy) is 2. The maximum Gasteiger partial charge on any atom is 0.317 e. The number of carbonyl (C=O) groups excluding carboxylic acids is 1. The van der Waals surface area contributed by atoms with E-state index in [1.165, 1.54) is 12.1 Å². The minimum Gasteiger partial charge on any atom is -0.486 e. The first-order valence-electron chi connectivity index (χ1n) is 9.09. The average Bonchev–Trinajstić information content (AvgIpc) is 2.66. The molecule has 144 valence electrons. The third-order valence-electron chi connectivity index (χ3n) is 4.57. The van der Waals surface area contributed by atoms with E-state index in [1.807, 2.05) is 38.1 Å². The van der Waals surface area contributed by atoms with Crippen LogP contribution in [0.5, 0.6) is 11.5 Å². The summed E-state index contributed by atoms with van der Waals surface area (Å²) in [6.45, 7) is 4.82. The van der Waals surface area contributed by atoms with E-state index in [0.717, 1.165) is 11.3 Å². The minimum absolute atomic E-state index is 0.161. The standard InChI is InChI=1S/C21H25FN2O3/c1-14(2)20(15-8-10-16(22)11-9-15)23-21(25)24(3)12-17-13-26-18-6-4-5-7-19(18)27-17/h4-11,14,17,20H,12-13H2,1-3H3,(H,23,25)/t17-,20+/m1/s1. The van der Waals surface area contributed by atoms with E-state index < -0.39 is 0 Å². The molecule has 1 N–H and O–H groups in total. The van der Waals surface area contributed by atoms with Crippen LogP contribution in [0, 0.1) is 11.7 Å². The van der Waals surface area contributed by atoms with Crippen LogP contribution in [0.1, 0.15) is 25.5 Å². The Morgan fingerprint density at radius 2 is 1.85 bits per heavy atom. The van der Waals surface area contributed by atoms with Gasteiger partial charge in [0.1, 0.15) is 12.4 Å². The van der Waals surface area contributed by atoms with Crippen molar-refractivity contribution in [3.8, 4) is 11.5 Å². The van der Waals surface area contributed by atoms with Gasteiger partial charge >= 0.3 is 6.03 Å². The Kier molecular flexibility index (Phi) is 5.84. The highest BCUT2D eigenvalue weighted by Gasteiger charge is 2.25. The fraction of sp³-hybridized carbons (Fsp3) is 0.381. The Morgan fingerprint density at radius 1 is 1.19 bits per heavy atom. The number of carbonyl (C=O) groups is 1. The third-order valence-corrected chi connectivity index (χ3v) is 4.57. The Bertz CT molecular complexity index is 779. The zero-order valence-corrected chi connectivity index (χ0v) is 15.8. The van der Waals surface area contributed by atoms with Gasteiger partial charge in [-0.15, -0.1) is 0 Å². The molecule has 2 atom stereocenters. The number of nitrogens with one attached hydrogen (secondary N) is 1. The van der Waals surface area contributed by atoms with Gasteiger partial charge in [0.15, 0.2) is 17.6 Å². The molecule has 0 saturated carbocycles. The number of likely N-dealkylation sites (N-methyl/N-ethyl adjacent to an activating group) is 1. The van der Waals surface area contributed by atoms with Gasteiger partial charge in [0, 0.05) is 7.05 Å². The maximum atomic E-state index is 13.2. The van der Waals surface area contributed by atoms with Crippen LogP contribution in [0.4, 0.5) is 9.18 Å². The summed E-state index contributed by atoms with van der Waals surface area (Å²) in [6, 6.07) is 13.3. The van der Waals surface area contributed by atoms with Crippen molar-refractivity contribution in [2.75, 3.05) is 20.2 Å². The van der Waals surface area contributed by atoms with Crippen LogP contribution in [0.3, 0.4) is 0 Å². The van der Waals surface area contributed by atoms with Gasteiger partial charge in [-0.25, -0.2) is 9.18 Å². The van der Waals surface area contributed by atoms with Crippen molar-refractivity contribution in [1.82, 2.24) is 10.2 Å². The molecule has 3 rings (SSSR count). The van der Waals surface area contributed by atoms with Crippen LogP contribution < -0.4 is 14.8 Å². The van der Waals surface area contributed by atoms with Gasteiger partial charge in [-0.2, -0.15) is 0 Å². The van der Waals surface area contributed by atoms with Crippen LogP contribution in [0.2, 0.25) is 0 Å². The lowest BCUT2D eigenvalue weighted by molar-refractivity contribution is 0.0710. The Hall–Kier alpha value is -2.76. The molecule has 27 heavy (non-hydrogen) atoms.